The smallest absolute Gasteiger partial charge is 0.338 e. The van der Waals surface area contributed by atoms with Crippen molar-refractivity contribution in [1.29, 1.82) is 0 Å². The van der Waals surface area contributed by atoms with Gasteiger partial charge in [-0.3, -0.25) is 0 Å². The van der Waals surface area contributed by atoms with Crippen molar-refractivity contribution in [2.75, 3.05) is 0 Å². The van der Waals surface area contributed by atoms with Crippen LogP contribution in [0.5, 0.6) is 0 Å². The highest BCUT2D eigenvalue weighted by Crippen LogP contribution is 2.36. The number of hydrogen-bond donors (Lipinski definition) is 0. The zero-order valence-corrected chi connectivity index (χ0v) is 14.2. The Balaban J connectivity index is 2.10. The molecule has 1 aromatic carbocycles. The maximum absolute atomic E-state index is 12.3. The topological polar surface area (TPSA) is 26.3 Å². The van der Waals surface area contributed by atoms with E-state index in [9.17, 15) is 4.79 Å². The van der Waals surface area contributed by atoms with E-state index in [-0.39, 0.29) is 12.1 Å². The molecular weight excluding hydrogens is 307 g/mol. The molecule has 1 aromatic rings. The van der Waals surface area contributed by atoms with E-state index in [4.69, 9.17) is 27.9 Å². The maximum Gasteiger partial charge on any atom is 0.338 e. The summed E-state index contributed by atoms with van der Waals surface area (Å²) in [6, 6.07) is 4.86. The first kappa shape index (κ1) is 16.6. The maximum atomic E-state index is 12.3. The van der Waals surface area contributed by atoms with E-state index in [2.05, 4.69) is 20.8 Å². The highest BCUT2D eigenvalue weighted by molar-refractivity contribution is 6.42. The fourth-order valence-electron chi connectivity index (χ4n) is 3.08. The van der Waals surface area contributed by atoms with Gasteiger partial charge in [-0.05, 0) is 48.8 Å². The van der Waals surface area contributed by atoms with Gasteiger partial charge in [-0.15, -0.1) is 0 Å². The van der Waals surface area contributed by atoms with Crippen LogP contribution in [-0.2, 0) is 4.74 Å². The van der Waals surface area contributed by atoms with Gasteiger partial charge in [0.05, 0.1) is 15.6 Å². The summed E-state index contributed by atoms with van der Waals surface area (Å²) in [5.41, 5.74) is 0.463. The van der Waals surface area contributed by atoms with Crippen LogP contribution in [0.4, 0.5) is 0 Å². The highest BCUT2D eigenvalue weighted by Gasteiger charge is 2.33. The standard InChI is InChI=1S/C17H22Cl2O2/c1-10(2)13-6-4-11(3)8-16(13)21-17(20)12-5-7-14(18)15(19)9-12/h5,7,9-11,13,16H,4,6,8H2,1-3H3/t11-,13-,16+/m0/s1. The highest BCUT2D eigenvalue weighted by atomic mass is 35.5. The van der Waals surface area contributed by atoms with Gasteiger partial charge in [0.2, 0.25) is 0 Å². The summed E-state index contributed by atoms with van der Waals surface area (Å²) in [6.07, 6.45) is 3.27. The van der Waals surface area contributed by atoms with Gasteiger partial charge in [0, 0.05) is 0 Å². The van der Waals surface area contributed by atoms with Crippen molar-refractivity contribution in [3.05, 3.63) is 33.8 Å². The molecule has 3 atom stereocenters. The lowest BCUT2D eigenvalue weighted by Gasteiger charge is -2.36. The quantitative estimate of drug-likeness (QED) is 0.674. The molecule has 0 radical (unpaired) electrons. The van der Waals surface area contributed by atoms with Crippen LogP contribution in [0.25, 0.3) is 0 Å². The van der Waals surface area contributed by atoms with E-state index < -0.39 is 0 Å². The number of carbonyl (C=O) groups is 1. The summed E-state index contributed by atoms with van der Waals surface area (Å²) in [7, 11) is 0. The number of ether oxygens (including phenoxy) is 1. The predicted molar refractivity (Wildman–Crippen MR) is 87.0 cm³/mol. The molecule has 0 bridgehead atoms. The van der Waals surface area contributed by atoms with Crippen LogP contribution < -0.4 is 0 Å². The molecule has 1 aliphatic carbocycles. The van der Waals surface area contributed by atoms with Crippen molar-refractivity contribution in [1.82, 2.24) is 0 Å². The number of rotatable bonds is 3. The molecule has 21 heavy (non-hydrogen) atoms. The minimum atomic E-state index is -0.307. The van der Waals surface area contributed by atoms with Crippen LogP contribution in [0.2, 0.25) is 10.0 Å². The van der Waals surface area contributed by atoms with Gasteiger partial charge < -0.3 is 4.74 Å². The van der Waals surface area contributed by atoms with E-state index in [0.29, 0.717) is 33.4 Å². The summed E-state index contributed by atoms with van der Waals surface area (Å²) in [6.45, 7) is 6.61. The molecule has 116 valence electrons. The monoisotopic (exact) mass is 328 g/mol. The summed E-state index contributed by atoms with van der Waals surface area (Å²) >= 11 is 11.8. The zero-order chi connectivity index (χ0) is 15.6. The first-order valence-electron chi connectivity index (χ1n) is 7.54. The lowest BCUT2D eigenvalue weighted by atomic mass is 9.75. The normalized spacial score (nSPS) is 25.9. The second-order valence-corrected chi connectivity index (χ2v) is 7.21. The lowest BCUT2D eigenvalue weighted by Crippen LogP contribution is -2.35. The Morgan fingerprint density at radius 3 is 2.57 bits per heavy atom. The summed E-state index contributed by atoms with van der Waals surface area (Å²) < 4.78 is 5.78. The van der Waals surface area contributed by atoms with Crippen LogP contribution in [0.15, 0.2) is 18.2 Å². The van der Waals surface area contributed by atoms with Crippen molar-refractivity contribution in [3.8, 4) is 0 Å². The average Bonchev–Trinajstić information content (AvgIpc) is 2.41. The largest absolute Gasteiger partial charge is 0.458 e. The molecule has 1 aliphatic rings. The van der Waals surface area contributed by atoms with Crippen LogP contribution in [0.3, 0.4) is 0 Å². The molecule has 2 nitrogen and oxygen atoms in total. The van der Waals surface area contributed by atoms with Gasteiger partial charge in [0.15, 0.2) is 0 Å². The fourth-order valence-corrected chi connectivity index (χ4v) is 3.38. The number of carbonyl (C=O) groups excluding carboxylic acids is 1. The van der Waals surface area contributed by atoms with Gasteiger partial charge in [0.25, 0.3) is 0 Å². The van der Waals surface area contributed by atoms with Gasteiger partial charge in [-0.1, -0.05) is 50.4 Å². The van der Waals surface area contributed by atoms with E-state index >= 15 is 0 Å². The van der Waals surface area contributed by atoms with E-state index in [1.165, 1.54) is 6.42 Å². The van der Waals surface area contributed by atoms with E-state index in [0.717, 1.165) is 12.8 Å². The number of hydrogen-bond acceptors (Lipinski definition) is 2. The lowest BCUT2D eigenvalue weighted by molar-refractivity contribution is -0.0174. The van der Waals surface area contributed by atoms with Crippen LogP contribution in [0.1, 0.15) is 50.4 Å². The fraction of sp³-hybridized carbons (Fsp3) is 0.588. The van der Waals surface area contributed by atoms with E-state index in [1.54, 1.807) is 18.2 Å². The van der Waals surface area contributed by atoms with Gasteiger partial charge in [-0.25, -0.2) is 4.79 Å². The Morgan fingerprint density at radius 1 is 1.24 bits per heavy atom. The zero-order valence-electron chi connectivity index (χ0n) is 12.7. The number of halogens is 2. The van der Waals surface area contributed by atoms with Crippen molar-refractivity contribution >= 4 is 29.2 Å². The Hall–Kier alpha value is -0.730. The Kier molecular flexibility index (Phi) is 5.56. The van der Waals surface area contributed by atoms with Gasteiger partial charge in [-0.2, -0.15) is 0 Å². The molecule has 1 saturated carbocycles. The van der Waals surface area contributed by atoms with Crippen LogP contribution in [0, 0.1) is 17.8 Å². The molecule has 0 N–H and O–H groups in total. The Morgan fingerprint density at radius 2 is 1.95 bits per heavy atom. The molecule has 0 aliphatic heterocycles. The average molecular weight is 329 g/mol. The minimum Gasteiger partial charge on any atom is -0.458 e. The molecule has 4 heteroatoms. The predicted octanol–water partition coefficient (Wildman–Crippen LogP) is 5.61. The molecule has 0 saturated heterocycles. The van der Waals surface area contributed by atoms with Crippen molar-refractivity contribution < 1.29 is 9.53 Å². The Labute approximate surface area is 136 Å². The molecule has 0 heterocycles. The van der Waals surface area contributed by atoms with E-state index in [1.807, 2.05) is 0 Å². The second kappa shape index (κ2) is 7.02. The summed E-state index contributed by atoms with van der Waals surface area (Å²) in [5.74, 6) is 1.25. The van der Waals surface area contributed by atoms with Crippen molar-refractivity contribution in [2.24, 2.45) is 17.8 Å². The van der Waals surface area contributed by atoms with Crippen LogP contribution in [-0.4, -0.2) is 12.1 Å². The van der Waals surface area contributed by atoms with Crippen molar-refractivity contribution in [3.63, 3.8) is 0 Å². The number of esters is 1. The molecule has 0 aromatic heterocycles. The van der Waals surface area contributed by atoms with Crippen molar-refractivity contribution in [2.45, 2.75) is 46.1 Å². The molecule has 0 spiro atoms. The van der Waals surface area contributed by atoms with Gasteiger partial charge in [0.1, 0.15) is 6.10 Å². The molecule has 1 fully saturated rings. The molecular formula is C17H22Cl2O2. The first-order chi connectivity index (χ1) is 9.88. The molecule has 2 rings (SSSR count). The second-order valence-electron chi connectivity index (χ2n) is 6.40. The van der Waals surface area contributed by atoms with Gasteiger partial charge >= 0.3 is 5.97 Å². The SMILES string of the molecule is CC(C)[C@@H]1CC[C@H](C)C[C@H]1OC(=O)c1ccc(Cl)c(Cl)c1. The Bertz CT molecular complexity index is 514. The van der Waals surface area contributed by atoms with Crippen LogP contribution >= 0.6 is 23.2 Å². The molecule has 0 unspecified atom stereocenters. The summed E-state index contributed by atoms with van der Waals surface area (Å²) in [4.78, 5) is 12.3. The molecule has 0 amide bonds. The third-order valence-corrected chi connectivity index (χ3v) is 5.11. The number of benzene rings is 1. The first-order valence-corrected chi connectivity index (χ1v) is 8.30. The third kappa shape index (κ3) is 4.14. The minimum absolute atomic E-state index is 0.00398. The third-order valence-electron chi connectivity index (χ3n) is 4.38. The summed E-state index contributed by atoms with van der Waals surface area (Å²) in [5, 5.41) is 0.822.